The summed E-state index contributed by atoms with van der Waals surface area (Å²) in [5.74, 6) is 1.23. The Morgan fingerprint density at radius 2 is 2.07 bits per heavy atom. The van der Waals surface area contributed by atoms with Crippen LogP contribution >= 0.6 is 0 Å². The quantitative estimate of drug-likeness (QED) is 0.746. The number of imidazole rings is 1. The molecule has 3 aromatic rings. The van der Waals surface area contributed by atoms with Gasteiger partial charge in [0.2, 0.25) is 0 Å². The predicted molar refractivity (Wildman–Crippen MR) is 107 cm³/mol. The van der Waals surface area contributed by atoms with E-state index in [1.807, 2.05) is 12.3 Å². The molecular weight excluding hydrogens is 336 g/mol. The Labute approximate surface area is 159 Å². The van der Waals surface area contributed by atoms with E-state index in [-0.39, 0.29) is 0 Å². The molecule has 5 rings (SSSR count). The van der Waals surface area contributed by atoms with Gasteiger partial charge in [-0.2, -0.15) is 0 Å². The van der Waals surface area contributed by atoms with Crippen LogP contribution < -0.4 is 15.5 Å². The van der Waals surface area contributed by atoms with Gasteiger partial charge in [0.25, 0.3) is 0 Å². The molecular formula is C21H26N6. The molecule has 140 valence electrons. The fourth-order valence-corrected chi connectivity index (χ4v) is 4.32. The Hall–Kier alpha value is -2.44. The Morgan fingerprint density at radius 1 is 1.15 bits per heavy atom. The highest BCUT2D eigenvalue weighted by Gasteiger charge is 2.21. The Balaban J connectivity index is 1.36. The number of anilines is 1. The number of nitrogens with zero attached hydrogens (tertiary/aromatic N) is 4. The van der Waals surface area contributed by atoms with E-state index in [0.717, 1.165) is 56.9 Å². The molecule has 1 aliphatic heterocycles. The molecule has 2 aliphatic rings. The first-order chi connectivity index (χ1) is 13.4. The molecule has 0 spiro atoms. The van der Waals surface area contributed by atoms with Crippen LogP contribution in [-0.4, -0.2) is 40.5 Å². The van der Waals surface area contributed by atoms with Crippen molar-refractivity contribution in [3.63, 3.8) is 0 Å². The van der Waals surface area contributed by atoms with E-state index in [0.29, 0.717) is 6.04 Å². The van der Waals surface area contributed by atoms with Gasteiger partial charge in [-0.25, -0.2) is 4.98 Å². The summed E-state index contributed by atoms with van der Waals surface area (Å²) in [5, 5.41) is 7.11. The molecule has 0 radical (unpaired) electrons. The highest BCUT2D eigenvalue weighted by molar-refractivity contribution is 5.52. The summed E-state index contributed by atoms with van der Waals surface area (Å²) in [7, 11) is 0. The number of hydrogen-bond donors (Lipinski definition) is 2. The van der Waals surface area contributed by atoms with E-state index in [1.165, 1.54) is 23.5 Å². The van der Waals surface area contributed by atoms with E-state index in [9.17, 15) is 0 Å². The zero-order valence-electron chi connectivity index (χ0n) is 15.6. The molecule has 6 heteroatoms. The monoisotopic (exact) mass is 362 g/mol. The van der Waals surface area contributed by atoms with Crippen molar-refractivity contribution in [1.29, 1.82) is 0 Å². The van der Waals surface area contributed by atoms with Gasteiger partial charge in [0.15, 0.2) is 0 Å². The first kappa shape index (κ1) is 16.7. The maximum absolute atomic E-state index is 4.85. The van der Waals surface area contributed by atoms with Crippen LogP contribution in [0.4, 0.5) is 5.82 Å². The first-order valence-corrected chi connectivity index (χ1v) is 9.98. The normalized spacial score (nSPS) is 20.0. The lowest BCUT2D eigenvalue weighted by Crippen LogP contribution is -2.44. The van der Waals surface area contributed by atoms with E-state index in [4.69, 9.17) is 4.98 Å². The number of nitrogens with one attached hydrogen (secondary N) is 2. The third kappa shape index (κ3) is 3.31. The molecule has 27 heavy (non-hydrogen) atoms. The average Bonchev–Trinajstić information content (AvgIpc) is 3.16. The number of rotatable bonds is 4. The third-order valence-corrected chi connectivity index (χ3v) is 5.69. The van der Waals surface area contributed by atoms with Crippen LogP contribution in [0.25, 0.3) is 5.65 Å². The van der Waals surface area contributed by atoms with Gasteiger partial charge in [-0.15, -0.1) is 0 Å². The van der Waals surface area contributed by atoms with Crippen LogP contribution in [0.3, 0.4) is 0 Å². The summed E-state index contributed by atoms with van der Waals surface area (Å²) in [5.41, 5.74) is 4.71. The van der Waals surface area contributed by atoms with Gasteiger partial charge in [-0.05, 0) is 43.0 Å². The zero-order chi connectivity index (χ0) is 18.1. The summed E-state index contributed by atoms with van der Waals surface area (Å²) in [6, 6.07) is 11.0. The van der Waals surface area contributed by atoms with Gasteiger partial charge in [-0.3, -0.25) is 9.38 Å². The Bertz CT molecular complexity index is 927. The van der Waals surface area contributed by atoms with Crippen LogP contribution in [-0.2, 0) is 13.0 Å². The molecule has 1 unspecified atom stereocenters. The van der Waals surface area contributed by atoms with Crippen molar-refractivity contribution in [3.05, 3.63) is 59.7 Å². The number of piperazine rings is 1. The molecule has 6 nitrogen and oxygen atoms in total. The molecule has 0 aromatic carbocycles. The summed E-state index contributed by atoms with van der Waals surface area (Å²) >= 11 is 0. The summed E-state index contributed by atoms with van der Waals surface area (Å²) in [6.07, 6.45) is 7.59. The highest BCUT2D eigenvalue weighted by atomic mass is 15.3. The Morgan fingerprint density at radius 3 is 3.00 bits per heavy atom. The standard InChI is InChI=1S/C21H26N6/c1-4-16-5-3-9-23-21(16)18(6-1)24-14-17-15-27-19(25-17)7-2-8-20(27)26-12-10-22-11-13-26/h2-3,5,7-9,15,18,22,24H,1,4,6,10-14H2. The lowest BCUT2D eigenvalue weighted by Gasteiger charge is -2.29. The number of aromatic nitrogens is 3. The molecule has 1 fully saturated rings. The van der Waals surface area contributed by atoms with Gasteiger partial charge in [0.1, 0.15) is 11.5 Å². The summed E-state index contributed by atoms with van der Waals surface area (Å²) in [4.78, 5) is 11.9. The predicted octanol–water partition coefficient (Wildman–Crippen LogP) is 2.31. The van der Waals surface area contributed by atoms with E-state index >= 15 is 0 Å². The van der Waals surface area contributed by atoms with Crippen molar-refractivity contribution in [2.24, 2.45) is 0 Å². The van der Waals surface area contributed by atoms with Crippen LogP contribution in [0.15, 0.2) is 42.7 Å². The van der Waals surface area contributed by atoms with Gasteiger partial charge in [0, 0.05) is 45.1 Å². The molecule has 4 heterocycles. The second-order valence-corrected chi connectivity index (χ2v) is 7.45. The minimum absolute atomic E-state index is 0.326. The van der Waals surface area contributed by atoms with Crippen molar-refractivity contribution in [1.82, 2.24) is 25.0 Å². The fourth-order valence-electron chi connectivity index (χ4n) is 4.32. The number of fused-ring (bicyclic) bond motifs is 2. The van der Waals surface area contributed by atoms with Gasteiger partial charge in [0.05, 0.1) is 17.4 Å². The molecule has 0 bridgehead atoms. The number of aryl methyl sites for hydroxylation is 1. The highest BCUT2D eigenvalue weighted by Crippen LogP contribution is 2.28. The second kappa shape index (κ2) is 7.29. The molecule has 1 aliphatic carbocycles. The third-order valence-electron chi connectivity index (χ3n) is 5.69. The zero-order valence-corrected chi connectivity index (χ0v) is 15.6. The second-order valence-electron chi connectivity index (χ2n) is 7.45. The minimum Gasteiger partial charge on any atom is -0.355 e. The topological polar surface area (TPSA) is 57.5 Å². The van der Waals surface area contributed by atoms with Crippen molar-refractivity contribution in [2.75, 3.05) is 31.1 Å². The molecule has 0 saturated carbocycles. The van der Waals surface area contributed by atoms with Crippen molar-refractivity contribution in [2.45, 2.75) is 31.8 Å². The minimum atomic E-state index is 0.326. The average molecular weight is 362 g/mol. The largest absolute Gasteiger partial charge is 0.355 e. The Kier molecular flexibility index (Phi) is 4.51. The van der Waals surface area contributed by atoms with Gasteiger partial charge < -0.3 is 15.5 Å². The lowest BCUT2D eigenvalue weighted by atomic mass is 9.92. The maximum atomic E-state index is 4.85. The maximum Gasteiger partial charge on any atom is 0.138 e. The van der Waals surface area contributed by atoms with Crippen LogP contribution in [0.2, 0.25) is 0 Å². The molecule has 2 N–H and O–H groups in total. The van der Waals surface area contributed by atoms with Gasteiger partial charge in [-0.1, -0.05) is 12.1 Å². The van der Waals surface area contributed by atoms with Gasteiger partial charge >= 0.3 is 0 Å². The van der Waals surface area contributed by atoms with E-state index in [2.05, 4.69) is 55.4 Å². The lowest BCUT2D eigenvalue weighted by molar-refractivity contribution is 0.445. The van der Waals surface area contributed by atoms with Crippen LogP contribution in [0.1, 0.15) is 35.8 Å². The number of hydrogen-bond acceptors (Lipinski definition) is 5. The first-order valence-electron chi connectivity index (χ1n) is 9.98. The van der Waals surface area contributed by atoms with Crippen LogP contribution in [0, 0.1) is 0 Å². The SMILES string of the molecule is c1cnc2c(c1)CCCC2NCc1cn2c(N3CCNCC3)cccc2n1. The van der Waals surface area contributed by atoms with E-state index < -0.39 is 0 Å². The summed E-state index contributed by atoms with van der Waals surface area (Å²) in [6.45, 7) is 4.91. The van der Waals surface area contributed by atoms with Crippen molar-refractivity contribution in [3.8, 4) is 0 Å². The molecule has 3 aromatic heterocycles. The van der Waals surface area contributed by atoms with Crippen molar-refractivity contribution >= 4 is 11.5 Å². The molecule has 1 atom stereocenters. The smallest absolute Gasteiger partial charge is 0.138 e. The number of pyridine rings is 2. The van der Waals surface area contributed by atoms with Crippen molar-refractivity contribution < 1.29 is 0 Å². The van der Waals surface area contributed by atoms with E-state index in [1.54, 1.807) is 0 Å². The fraction of sp³-hybridized carbons (Fsp3) is 0.429. The molecule has 0 amide bonds. The molecule has 1 saturated heterocycles. The van der Waals surface area contributed by atoms with Crippen LogP contribution in [0.5, 0.6) is 0 Å². The summed E-state index contributed by atoms with van der Waals surface area (Å²) < 4.78 is 2.23.